The molecule has 0 unspecified atom stereocenters. The van der Waals surface area contributed by atoms with Crippen molar-refractivity contribution in [1.29, 1.82) is 0 Å². The van der Waals surface area contributed by atoms with Gasteiger partial charge in [-0.1, -0.05) is 36.4 Å². The van der Waals surface area contributed by atoms with E-state index in [4.69, 9.17) is 4.74 Å². The number of hydrogen-bond acceptors (Lipinski definition) is 3. The van der Waals surface area contributed by atoms with E-state index in [9.17, 15) is 0 Å². The van der Waals surface area contributed by atoms with Crippen molar-refractivity contribution in [3.05, 3.63) is 54.9 Å². The molecule has 0 radical (unpaired) electrons. The van der Waals surface area contributed by atoms with Gasteiger partial charge in [-0.05, 0) is 11.5 Å². The van der Waals surface area contributed by atoms with Crippen LogP contribution in [0.4, 0.5) is 11.6 Å². The molecule has 0 atom stereocenters. The second kappa shape index (κ2) is 5.75. The van der Waals surface area contributed by atoms with Crippen LogP contribution >= 0.6 is 0 Å². The van der Waals surface area contributed by atoms with E-state index in [1.54, 1.807) is 13.3 Å². The lowest BCUT2D eigenvalue weighted by atomic mass is 10.1. The predicted molar refractivity (Wildman–Crippen MR) is 81.3 cm³/mol. The molecule has 0 aliphatic rings. The van der Waals surface area contributed by atoms with Crippen molar-refractivity contribution in [2.75, 3.05) is 19.0 Å². The van der Waals surface area contributed by atoms with Crippen LogP contribution in [0, 0.1) is 0 Å². The number of benzene rings is 2. The Balaban J connectivity index is 1.92. The first-order chi connectivity index (χ1) is 9.88. The monoisotopic (exact) mass is 267 g/mol. The van der Waals surface area contributed by atoms with Crippen LogP contribution in [0.25, 0.3) is 10.8 Å². The molecule has 102 valence electrons. The summed E-state index contributed by atoms with van der Waals surface area (Å²) in [6.45, 7) is 1.45. The molecule has 1 aromatic heterocycles. The maximum atomic E-state index is 5.11. The molecule has 0 bridgehead atoms. The standard InChI is InChI=1S/C16H17N3O/c1-20-12-11-19-10-9-17-16(19)18-15-8-4-6-13-5-2-3-7-14(13)15/h2-10H,11-12H2,1H3,(H,17,18). The number of aromatic nitrogens is 2. The first-order valence-electron chi connectivity index (χ1n) is 6.63. The third-order valence-corrected chi connectivity index (χ3v) is 3.29. The van der Waals surface area contributed by atoms with Gasteiger partial charge in [-0.3, -0.25) is 0 Å². The lowest BCUT2D eigenvalue weighted by molar-refractivity contribution is 0.188. The Morgan fingerprint density at radius 1 is 1.15 bits per heavy atom. The molecule has 0 saturated carbocycles. The molecular weight excluding hydrogens is 250 g/mol. The molecule has 0 aliphatic heterocycles. The third-order valence-electron chi connectivity index (χ3n) is 3.29. The lowest BCUT2D eigenvalue weighted by Crippen LogP contribution is -2.07. The van der Waals surface area contributed by atoms with E-state index < -0.39 is 0 Å². The summed E-state index contributed by atoms with van der Waals surface area (Å²) in [5.74, 6) is 0.832. The maximum Gasteiger partial charge on any atom is 0.207 e. The average Bonchev–Trinajstić information content (AvgIpc) is 2.93. The van der Waals surface area contributed by atoms with Gasteiger partial charge < -0.3 is 14.6 Å². The minimum atomic E-state index is 0.667. The second-order valence-electron chi connectivity index (χ2n) is 4.59. The largest absolute Gasteiger partial charge is 0.383 e. The number of nitrogens with one attached hydrogen (secondary N) is 1. The highest BCUT2D eigenvalue weighted by molar-refractivity contribution is 5.94. The summed E-state index contributed by atoms with van der Waals surface area (Å²) < 4.78 is 7.16. The van der Waals surface area contributed by atoms with Crippen molar-refractivity contribution in [3.63, 3.8) is 0 Å². The Kier molecular flexibility index (Phi) is 3.65. The summed E-state index contributed by atoms with van der Waals surface area (Å²) in [4.78, 5) is 4.37. The Labute approximate surface area is 118 Å². The molecular formula is C16H17N3O. The van der Waals surface area contributed by atoms with Crippen LogP contribution in [0.15, 0.2) is 54.9 Å². The van der Waals surface area contributed by atoms with E-state index in [1.807, 2.05) is 29.0 Å². The van der Waals surface area contributed by atoms with Crippen LogP contribution in [0.3, 0.4) is 0 Å². The van der Waals surface area contributed by atoms with E-state index in [1.165, 1.54) is 10.8 Å². The molecule has 20 heavy (non-hydrogen) atoms. The predicted octanol–water partition coefficient (Wildman–Crippen LogP) is 3.43. The highest BCUT2D eigenvalue weighted by atomic mass is 16.5. The highest BCUT2D eigenvalue weighted by Crippen LogP contribution is 2.25. The van der Waals surface area contributed by atoms with E-state index in [2.05, 4.69) is 34.6 Å². The van der Waals surface area contributed by atoms with Crippen molar-refractivity contribution < 1.29 is 4.74 Å². The van der Waals surface area contributed by atoms with Gasteiger partial charge in [0.15, 0.2) is 0 Å². The zero-order valence-electron chi connectivity index (χ0n) is 11.4. The van der Waals surface area contributed by atoms with E-state index in [-0.39, 0.29) is 0 Å². The molecule has 3 rings (SSSR count). The van der Waals surface area contributed by atoms with E-state index in [0.717, 1.165) is 18.2 Å². The van der Waals surface area contributed by atoms with Gasteiger partial charge in [0.05, 0.1) is 6.61 Å². The number of methoxy groups -OCH3 is 1. The van der Waals surface area contributed by atoms with Crippen LogP contribution in [0.5, 0.6) is 0 Å². The van der Waals surface area contributed by atoms with Crippen LogP contribution < -0.4 is 5.32 Å². The molecule has 3 aromatic rings. The summed E-state index contributed by atoms with van der Waals surface area (Å²) >= 11 is 0. The molecule has 1 N–H and O–H groups in total. The number of imidazole rings is 1. The highest BCUT2D eigenvalue weighted by Gasteiger charge is 2.05. The van der Waals surface area contributed by atoms with Crippen molar-refractivity contribution in [2.45, 2.75) is 6.54 Å². The van der Waals surface area contributed by atoms with Crippen molar-refractivity contribution >= 4 is 22.4 Å². The molecule has 0 amide bonds. The Bertz CT molecular complexity index is 700. The van der Waals surface area contributed by atoms with Crippen LogP contribution in [0.2, 0.25) is 0 Å². The van der Waals surface area contributed by atoms with Gasteiger partial charge >= 0.3 is 0 Å². The van der Waals surface area contributed by atoms with Crippen LogP contribution in [-0.4, -0.2) is 23.3 Å². The van der Waals surface area contributed by atoms with Gasteiger partial charge in [0, 0.05) is 37.1 Å². The number of fused-ring (bicyclic) bond motifs is 1. The molecule has 2 aromatic carbocycles. The number of nitrogens with zero attached hydrogens (tertiary/aromatic N) is 2. The third kappa shape index (κ3) is 2.51. The van der Waals surface area contributed by atoms with Crippen LogP contribution in [0.1, 0.15) is 0 Å². The average molecular weight is 267 g/mol. The number of ether oxygens (including phenoxy) is 1. The quantitative estimate of drug-likeness (QED) is 0.769. The lowest BCUT2D eigenvalue weighted by Gasteiger charge is -2.11. The Morgan fingerprint density at radius 3 is 2.90 bits per heavy atom. The van der Waals surface area contributed by atoms with Crippen molar-refractivity contribution in [2.24, 2.45) is 0 Å². The summed E-state index contributed by atoms with van der Waals surface area (Å²) in [6.07, 6.45) is 3.75. The van der Waals surface area contributed by atoms with Gasteiger partial charge in [-0.25, -0.2) is 4.98 Å². The Morgan fingerprint density at radius 2 is 2.00 bits per heavy atom. The number of anilines is 2. The molecule has 0 spiro atoms. The fourth-order valence-electron chi connectivity index (χ4n) is 2.26. The van der Waals surface area contributed by atoms with Gasteiger partial charge in [0.25, 0.3) is 0 Å². The summed E-state index contributed by atoms with van der Waals surface area (Å²) in [7, 11) is 1.70. The molecule has 0 fully saturated rings. The van der Waals surface area contributed by atoms with Gasteiger partial charge in [0.2, 0.25) is 5.95 Å². The fraction of sp³-hybridized carbons (Fsp3) is 0.188. The Hall–Kier alpha value is -2.33. The molecule has 1 heterocycles. The van der Waals surface area contributed by atoms with Crippen molar-refractivity contribution in [3.8, 4) is 0 Å². The number of hydrogen-bond donors (Lipinski definition) is 1. The zero-order valence-corrected chi connectivity index (χ0v) is 11.4. The SMILES string of the molecule is COCCn1ccnc1Nc1cccc2ccccc12. The number of rotatable bonds is 5. The normalized spacial score (nSPS) is 10.8. The van der Waals surface area contributed by atoms with Crippen LogP contribution in [-0.2, 0) is 11.3 Å². The summed E-state index contributed by atoms with van der Waals surface area (Å²) in [5.41, 5.74) is 1.06. The second-order valence-corrected chi connectivity index (χ2v) is 4.59. The van der Waals surface area contributed by atoms with E-state index >= 15 is 0 Å². The molecule has 0 saturated heterocycles. The van der Waals surface area contributed by atoms with Crippen molar-refractivity contribution in [1.82, 2.24) is 9.55 Å². The molecule has 0 aliphatic carbocycles. The smallest absolute Gasteiger partial charge is 0.207 e. The summed E-state index contributed by atoms with van der Waals surface area (Å²) in [5, 5.41) is 5.81. The van der Waals surface area contributed by atoms with Gasteiger partial charge in [-0.2, -0.15) is 0 Å². The van der Waals surface area contributed by atoms with Gasteiger partial charge in [-0.15, -0.1) is 0 Å². The fourth-order valence-corrected chi connectivity index (χ4v) is 2.26. The van der Waals surface area contributed by atoms with Gasteiger partial charge in [0.1, 0.15) is 0 Å². The molecule has 4 nitrogen and oxygen atoms in total. The minimum absolute atomic E-state index is 0.667. The first kappa shape index (κ1) is 12.7. The van der Waals surface area contributed by atoms with E-state index in [0.29, 0.717) is 6.61 Å². The molecule has 4 heteroatoms. The first-order valence-corrected chi connectivity index (χ1v) is 6.63. The zero-order chi connectivity index (χ0) is 13.8. The maximum absolute atomic E-state index is 5.11. The minimum Gasteiger partial charge on any atom is -0.383 e. The topological polar surface area (TPSA) is 39.1 Å². The summed E-state index contributed by atoms with van der Waals surface area (Å²) in [6, 6.07) is 14.5.